The lowest BCUT2D eigenvalue weighted by molar-refractivity contribution is -0.283. The molecule has 138 valence electrons. The van der Waals surface area contributed by atoms with Crippen molar-refractivity contribution in [3.8, 4) is 0 Å². The van der Waals surface area contributed by atoms with Crippen LogP contribution in [0.5, 0.6) is 0 Å². The summed E-state index contributed by atoms with van der Waals surface area (Å²) < 4.78 is 62.7. The molecule has 1 heterocycles. The molecule has 25 heavy (non-hydrogen) atoms. The lowest BCUT2D eigenvalue weighted by atomic mass is 9.81. The van der Waals surface area contributed by atoms with Crippen molar-refractivity contribution in [2.45, 2.75) is 50.4 Å². The van der Waals surface area contributed by atoms with Gasteiger partial charge in [-0.05, 0) is 50.2 Å². The Kier molecular flexibility index (Phi) is 4.47. The number of aromatic nitrogens is 1. The number of rotatable bonds is 2. The second-order valence-electron chi connectivity index (χ2n) is 7.22. The van der Waals surface area contributed by atoms with Crippen molar-refractivity contribution >= 4 is 42.4 Å². The number of hydrogen-bond acceptors (Lipinski definition) is 1. The Morgan fingerprint density at radius 2 is 1.88 bits per heavy atom. The molecule has 1 aliphatic rings. The SMILES string of the molecule is C[Si](C)(C)OC1(C(F)(F)F)c2[nH]c3ccc(Cl)c(Cl)c3c2CCC1F. The predicted octanol–water partition coefficient (Wildman–Crippen LogP) is 6.37. The molecule has 3 rings (SSSR count). The third kappa shape index (κ3) is 2.89. The lowest BCUT2D eigenvalue weighted by Gasteiger charge is -2.44. The van der Waals surface area contributed by atoms with Gasteiger partial charge in [-0.3, -0.25) is 0 Å². The highest BCUT2D eigenvalue weighted by molar-refractivity contribution is 6.69. The number of aromatic amines is 1. The van der Waals surface area contributed by atoms with E-state index >= 15 is 0 Å². The number of hydrogen-bond donors (Lipinski definition) is 1. The number of H-pyrrole nitrogens is 1. The molecule has 2 atom stereocenters. The van der Waals surface area contributed by atoms with Crippen molar-refractivity contribution in [2.75, 3.05) is 0 Å². The Balaban J connectivity index is 2.37. The maximum Gasteiger partial charge on any atom is 0.425 e. The summed E-state index contributed by atoms with van der Waals surface area (Å²) in [5.74, 6) is 0. The van der Waals surface area contributed by atoms with Crippen LogP contribution in [-0.2, 0) is 16.4 Å². The van der Waals surface area contributed by atoms with Crippen LogP contribution < -0.4 is 0 Å². The smallest absolute Gasteiger partial charge is 0.397 e. The summed E-state index contributed by atoms with van der Waals surface area (Å²) in [4.78, 5) is 2.73. The summed E-state index contributed by atoms with van der Waals surface area (Å²) >= 11 is 12.2. The minimum Gasteiger partial charge on any atom is -0.397 e. The molecule has 1 aliphatic carbocycles. The van der Waals surface area contributed by atoms with Gasteiger partial charge in [0.15, 0.2) is 8.32 Å². The molecule has 0 bridgehead atoms. The highest BCUT2D eigenvalue weighted by Crippen LogP contribution is 2.54. The maximum absolute atomic E-state index is 14.8. The quantitative estimate of drug-likeness (QED) is 0.449. The van der Waals surface area contributed by atoms with Gasteiger partial charge >= 0.3 is 6.18 Å². The van der Waals surface area contributed by atoms with Crippen LogP contribution in [-0.4, -0.2) is 25.6 Å². The van der Waals surface area contributed by atoms with Gasteiger partial charge in [-0.15, -0.1) is 0 Å². The van der Waals surface area contributed by atoms with Gasteiger partial charge in [0.1, 0.15) is 6.17 Å². The lowest BCUT2D eigenvalue weighted by Crippen LogP contribution is -2.58. The molecule has 2 nitrogen and oxygen atoms in total. The van der Waals surface area contributed by atoms with E-state index in [1.807, 2.05) is 0 Å². The van der Waals surface area contributed by atoms with Gasteiger partial charge in [0.2, 0.25) is 5.60 Å². The first kappa shape index (κ1) is 19.0. The fourth-order valence-corrected chi connectivity index (χ4v) is 5.21. The number of fused-ring (bicyclic) bond motifs is 3. The van der Waals surface area contributed by atoms with Gasteiger partial charge < -0.3 is 9.41 Å². The van der Waals surface area contributed by atoms with E-state index in [4.69, 9.17) is 27.6 Å². The van der Waals surface area contributed by atoms with Crippen LogP contribution in [0.4, 0.5) is 17.6 Å². The Hall–Kier alpha value is -0.763. The van der Waals surface area contributed by atoms with Gasteiger partial charge in [-0.2, -0.15) is 13.2 Å². The summed E-state index contributed by atoms with van der Waals surface area (Å²) in [7, 11) is -2.75. The molecule has 1 aromatic carbocycles. The molecule has 0 spiro atoms. The van der Waals surface area contributed by atoms with Crippen molar-refractivity contribution < 1.29 is 22.0 Å². The molecule has 9 heteroatoms. The third-order valence-electron chi connectivity index (χ3n) is 4.31. The molecule has 2 unspecified atom stereocenters. The van der Waals surface area contributed by atoms with Gasteiger partial charge in [0.05, 0.1) is 15.7 Å². The van der Waals surface area contributed by atoms with E-state index in [0.29, 0.717) is 16.5 Å². The molecule has 0 saturated heterocycles. The Bertz CT molecular complexity index is 830. The van der Waals surface area contributed by atoms with Crippen LogP contribution in [0.3, 0.4) is 0 Å². The molecule has 0 aliphatic heterocycles. The summed E-state index contributed by atoms with van der Waals surface area (Å²) in [6, 6.07) is 3.04. The van der Waals surface area contributed by atoms with Crippen LogP contribution in [0.25, 0.3) is 10.9 Å². The average molecular weight is 414 g/mol. The predicted molar refractivity (Wildman–Crippen MR) is 93.7 cm³/mol. The van der Waals surface area contributed by atoms with Crippen LogP contribution >= 0.6 is 23.2 Å². The van der Waals surface area contributed by atoms with Crippen molar-refractivity contribution in [1.82, 2.24) is 4.98 Å². The highest BCUT2D eigenvalue weighted by Gasteiger charge is 2.66. The first-order valence-corrected chi connectivity index (χ1v) is 11.9. The molecule has 0 fully saturated rings. The van der Waals surface area contributed by atoms with E-state index in [1.165, 1.54) is 6.07 Å². The standard InChI is InChI=1S/C16H17Cl2F4NOSi/c1-25(2,3)24-15(16(20,21)22)11(19)7-4-8-12-10(23-14(8)15)6-5-9(17)13(12)18/h5-6,11,23H,4,7H2,1-3H3. The molecule has 2 aromatic rings. The van der Waals surface area contributed by atoms with Crippen LogP contribution in [0.1, 0.15) is 17.7 Å². The summed E-state index contributed by atoms with van der Waals surface area (Å²) in [5, 5.41) is 0.809. The number of halogens is 6. The molecule has 1 aromatic heterocycles. The van der Waals surface area contributed by atoms with Crippen LogP contribution in [0.15, 0.2) is 12.1 Å². The first-order valence-electron chi connectivity index (χ1n) is 7.78. The summed E-state index contributed by atoms with van der Waals surface area (Å²) in [6.45, 7) is 4.82. The Morgan fingerprint density at radius 3 is 2.44 bits per heavy atom. The first-order chi connectivity index (χ1) is 11.4. The van der Waals surface area contributed by atoms with E-state index in [0.717, 1.165) is 0 Å². The fraction of sp³-hybridized carbons (Fsp3) is 0.500. The van der Waals surface area contributed by atoms with Crippen molar-refractivity contribution in [3.05, 3.63) is 33.4 Å². The minimum absolute atomic E-state index is 0.128. The summed E-state index contributed by atoms with van der Waals surface area (Å²) in [5.41, 5.74) is -2.59. The Morgan fingerprint density at radius 1 is 1.24 bits per heavy atom. The second-order valence-corrected chi connectivity index (χ2v) is 12.4. The highest BCUT2D eigenvalue weighted by atomic mass is 35.5. The molecule has 0 radical (unpaired) electrons. The molecular formula is C16H17Cl2F4NOSi. The van der Waals surface area contributed by atoms with Gasteiger partial charge in [0.25, 0.3) is 0 Å². The van der Waals surface area contributed by atoms with Crippen LogP contribution in [0.2, 0.25) is 29.7 Å². The monoisotopic (exact) mass is 413 g/mol. The topological polar surface area (TPSA) is 25.0 Å². The van der Waals surface area contributed by atoms with E-state index in [1.54, 1.807) is 25.7 Å². The zero-order valence-electron chi connectivity index (χ0n) is 13.8. The normalized spacial score (nSPS) is 24.6. The molecule has 0 saturated carbocycles. The number of alkyl halides is 4. The minimum atomic E-state index is -4.92. The summed E-state index contributed by atoms with van der Waals surface area (Å²) in [6.07, 6.45) is -7.29. The van der Waals surface area contributed by atoms with Crippen LogP contribution in [0, 0.1) is 0 Å². The number of benzene rings is 1. The Labute approximate surface area is 153 Å². The van der Waals surface area contributed by atoms with E-state index in [2.05, 4.69) is 4.98 Å². The van der Waals surface area contributed by atoms with Crippen molar-refractivity contribution in [2.24, 2.45) is 0 Å². The third-order valence-corrected chi connectivity index (χ3v) is 6.05. The van der Waals surface area contributed by atoms with Gasteiger partial charge in [0, 0.05) is 10.9 Å². The maximum atomic E-state index is 14.8. The zero-order chi connectivity index (χ0) is 18.8. The second kappa shape index (κ2) is 5.87. The van der Waals surface area contributed by atoms with Crippen molar-refractivity contribution in [1.29, 1.82) is 0 Å². The average Bonchev–Trinajstić information content (AvgIpc) is 2.83. The van der Waals surface area contributed by atoms with Gasteiger partial charge in [-0.25, -0.2) is 4.39 Å². The fourth-order valence-electron chi connectivity index (χ4n) is 3.46. The number of nitrogens with one attached hydrogen (secondary N) is 1. The molecular weight excluding hydrogens is 397 g/mol. The van der Waals surface area contributed by atoms with E-state index in [9.17, 15) is 17.6 Å². The zero-order valence-corrected chi connectivity index (χ0v) is 16.3. The van der Waals surface area contributed by atoms with E-state index < -0.39 is 26.3 Å². The van der Waals surface area contributed by atoms with Crippen molar-refractivity contribution in [3.63, 3.8) is 0 Å². The molecule has 1 N–H and O–H groups in total. The molecule has 0 amide bonds. The number of aryl methyl sites for hydroxylation is 1. The van der Waals surface area contributed by atoms with E-state index in [-0.39, 0.29) is 28.6 Å². The van der Waals surface area contributed by atoms with Gasteiger partial charge in [-0.1, -0.05) is 23.2 Å². The largest absolute Gasteiger partial charge is 0.425 e.